The molecule has 0 aliphatic carbocycles. The number of halogens is 2. The number of ether oxygens (including phenoxy) is 1. The van der Waals surface area contributed by atoms with E-state index in [1.54, 1.807) is 16.8 Å². The SMILES string of the molecule is CCOc1cc(C(C)(C)C#N)ccc1C1=N[C@@H](c2ccc(Cl)cc2)[C@@H](c2ccc(Cl)cc2)N1C(=O)N1CCN(CC(=O)N(C)CCN)CC1. The molecule has 10 nitrogen and oxygen atoms in total. The Morgan fingerprint density at radius 3 is 2.18 bits per heavy atom. The van der Waals surface area contributed by atoms with Crippen LogP contribution in [0.25, 0.3) is 0 Å². The van der Waals surface area contributed by atoms with Crippen molar-refractivity contribution in [1.29, 1.82) is 5.26 Å². The van der Waals surface area contributed by atoms with E-state index in [2.05, 4.69) is 11.0 Å². The average Bonchev–Trinajstić information content (AvgIpc) is 3.49. The monoisotopic (exact) mass is 703 g/mol. The number of benzene rings is 3. The Balaban J connectivity index is 1.57. The second-order valence-electron chi connectivity index (χ2n) is 12.8. The van der Waals surface area contributed by atoms with Gasteiger partial charge in [-0.05, 0) is 73.9 Å². The first-order valence-corrected chi connectivity index (χ1v) is 17.2. The molecule has 2 aliphatic rings. The van der Waals surface area contributed by atoms with Gasteiger partial charge in [0.15, 0.2) is 0 Å². The van der Waals surface area contributed by atoms with E-state index in [1.165, 1.54) is 0 Å². The van der Waals surface area contributed by atoms with Crippen LogP contribution in [-0.4, -0.2) is 96.8 Å². The zero-order valence-electron chi connectivity index (χ0n) is 28.4. The zero-order valence-corrected chi connectivity index (χ0v) is 29.9. The minimum absolute atomic E-state index is 0.000672. The third-order valence-electron chi connectivity index (χ3n) is 9.11. The van der Waals surface area contributed by atoms with Gasteiger partial charge in [-0.1, -0.05) is 53.5 Å². The van der Waals surface area contributed by atoms with Crippen molar-refractivity contribution >= 4 is 41.0 Å². The van der Waals surface area contributed by atoms with Crippen LogP contribution in [0, 0.1) is 11.3 Å². The fourth-order valence-corrected chi connectivity index (χ4v) is 6.42. The lowest BCUT2D eigenvalue weighted by Crippen LogP contribution is -2.55. The van der Waals surface area contributed by atoms with Gasteiger partial charge in [-0.3, -0.25) is 19.6 Å². The van der Waals surface area contributed by atoms with Gasteiger partial charge in [0.2, 0.25) is 5.91 Å². The molecule has 3 aromatic carbocycles. The molecule has 0 spiro atoms. The molecule has 0 radical (unpaired) electrons. The van der Waals surface area contributed by atoms with Crippen molar-refractivity contribution in [3.63, 3.8) is 0 Å². The Labute approximate surface area is 298 Å². The minimum Gasteiger partial charge on any atom is -0.493 e. The predicted molar refractivity (Wildman–Crippen MR) is 193 cm³/mol. The third kappa shape index (κ3) is 8.03. The van der Waals surface area contributed by atoms with Crippen LogP contribution in [0.15, 0.2) is 71.7 Å². The summed E-state index contributed by atoms with van der Waals surface area (Å²) in [5.41, 5.74) is 8.08. The van der Waals surface area contributed by atoms with Crippen LogP contribution < -0.4 is 10.5 Å². The number of carbonyl (C=O) groups excluding carboxylic acids is 2. The number of rotatable bonds is 10. The average molecular weight is 705 g/mol. The van der Waals surface area contributed by atoms with E-state index in [1.807, 2.05) is 92.4 Å². The first kappa shape index (κ1) is 36.1. The fraction of sp³-hybridized carbons (Fsp3) is 0.405. The number of likely N-dealkylation sites (N-methyl/N-ethyl adjacent to an activating group) is 1. The highest BCUT2D eigenvalue weighted by molar-refractivity contribution is 6.30. The molecular weight excluding hydrogens is 661 g/mol. The Morgan fingerprint density at radius 2 is 1.61 bits per heavy atom. The zero-order chi connectivity index (χ0) is 35.3. The minimum atomic E-state index is -0.755. The van der Waals surface area contributed by atoms with Gasteiger partial charge in [0.1, 0.15) is 17.6 Å². The summed E-state index contributed by atoms with van der Waals surface area (Å²) in [6.45, 7) is 9.12. The fourth-order valence-electron chi connectivity index (χ4n) is 6.17. The number of nitrogens with zero attached hydrogens (tertiary/aromatic N) is 6. The number of hydrogen-bond acceptors (Lipinski definition) is 7. The van der Waals surface area contributed by atoms with Crippen molar-refractivity contribution in [1.82, 2.24) is 19.6 Å². The quantitative estimate of drug-likeness (QED) is 0.281. The van der Waals surface area contributed by atoms with E-state index >= 15 is 0 Å². The maximum Gasteiger partial charge on any atom is 0.326 e. The molecular formula is C37H43Cl2N7O3. The summed E-state index contributed by atoms with van der Waals surface area (Å²) in [4.78, 5) is 40.1. The van der Waals surface area contributed by atoms with Gasteiger partial charge < -0.3 is 20.3 Å². The summed E-state index contributed by atoms with van der Waals surface area (Å²) < 4.78 is 6.18. The molecule has 2 atom stereocenters. The van der Waals surface area contributed by atoms with Crippen LogP contribution in [0.1, 0.15) is 55.1 Å². The van der Waals surface area contributed by atoms with Gasteiger partial charge in [-0.25, -0.2) is 4.79 Å². The summed E-state index contributed by atoms with van der Waals surface area (Å²) in [6.07, 6.45) is 0. The molecule has 12 heteroatoms. The van der Waals surface area contributed by atoms with E-state index in [4.69, 9.17) is 38.7 Å². The molecule has 5 rings (SSSR count). The van der Waals surface area contributed by atoms with Crippen LogP contribution in [0.2, 0.25) is 10.0 Å². The molecule has 258 valence electrons. The lowest BCUT2D eigenvalue weighted by atomic mass is 9.85. The first-order chi connectivity index (χ1) is 23.5. The lowest BCUT2D eigenvalue weighted by molar-refractivity contribution is -0.131. The van der Waals surface area contributed by atoms with Crippen molar-refractivity contribution in [3.05, 3.63) is 99.0 Å². The molecule has 49 heavy (non-hydrogen) atoms. The van der Waals surface area contributed by atoms with Gasteiger partial charge in [0.05, 0.1) is 36.2 Å². The van der Waals surface area contributed by atoms with Gasteiger partial charge in [-0.15, -0.1) is 0 Å². The molecule has 0 unspecified atom stereocenters. The molecule has 1 saturated heterocycles. The summed E-state index contributed by atoms with van der Waals surface area (Å²) in [5, 5.41) is 11.0. The van der Waals surface area contributed by atoms with Crippen molar-refractivity contribution in [3.8, 4) is 11.8 Å². The van der Waals surface area contributed by atoms with Crippen LogP contribution in [0.4, 0.5) is 4.79 Å². The Kier molecular flexibility index (Phi) is 11.5. The van der Waals surface area contributed by atoms with Crippen molar-refractivity contribution in [2.24, 2.45) is 10.7 Å². The van der Waals surface area contributed by atoms with Gasteiger partial charge >= 0.3 is 6.03 Å². The van der Waals surface area contributed by atoms with Crippen molar-refractivity contribution in [2.45, 2.75) is 38.3 Å². The van der Waals surface area contributed by atoms with Crippen molar-refractivity contribution < 1.29 is 14.3 Å². The number of aliphatic imine (C=N–C) groups is 1. The smallest absolute Gasteiger partial charge is 0.326 e. The van der Waals surface area contributed by atoms with Crippen LogP contribution in [0.3, 0.4) is 0 Å². The van der Waals surface area contributed by atoms with E-state index in [-0.39, 0.29) is 18.5 Å². The summed E-state index contributed by atoms with van der Waals surface area (Å²) in [7, 11) is 1.75. The molecule has 0 bridgehead atoms. The van der Waals surface area contributed by atoms with Gasteiger partial charge in [0, 0.05) is 56.4 Å². The Bertz CT molecular complexity index is 1720. The highest BCUT2D eigenvalue weighted by Gasteiger charge is 2.45. The highest BCUT2D eigenvalue weighted by atomic mass is 35.5. The summed E-state index contributed by atoms with van der Waals surface area (Å²) in [6, 6.07) is 21.8. The first-order valence-electron chi connectivity index (χ1n) is 16.5. The van der Waals surface area contributed by atoms with Gasteiger partial charge in [-0.2, -0.15) is 5.26 Å². The summed E-state index contributed by atoms with van der Waals surface area (Å²) in [5.74, 6) is 1.01. The molecule has 0 aromatic heterocycles. The maximum absolute atomic E-state index is 14.9. The molecule has 3 amide bonds. The standard InChI is InChI=1S/C37H43Cl2N7O3/c1-5-49-31-22-27(37(2,3)24-41)10-15-30(31)35-42-33(25-6-11-28(38)12-7-25)34(26-8-13-29(39)14-9-26)46(35)36(48)45-20-18-44(19-21-45)23-32(47)43(4)17-16-40/h6-15,22,33-34H,5,16-21,23,40H2,1-4H3/t33-,34+/m0/s1. The number of nitrogens with two attached hydrogens (primary N) is 1. The Morgan fingerprint density at radius 1 is 1.00 bits per heavy atom. The normalized spacial score (nSPS) is 18.2. The predicted octanol–water partition coefficient (Wildman–Crippen LogP) is 5.89. The number of amides is 3. The Hall–Kier alpha value is -4.14. The van der Waals surface area contributed by atoms with E-state index < -0.39 is 17.5 Å². The van der Waals surface area contributed by atoms with Crippen LogP contribution >= 0.6 is 23.2 Å². The molecule has 1 fully saturated rings. The second kappa shape index (κ2) is 15.6. The number of urea groups is 1. The summed E-state index contributed by atoms with van der Waals surface area (Å²) >= 11 is 12.6. The number of nitriles is 1. The molecule has 2 heterocycles. The molecule has 2 aliphatic heterocycles. The second-order valence-corrected chi connectivity index (χ2v) is 13.7. The van der Waals surface area contributed by atoms with E-state index in [0.717, 1.165) is 16.7 Å². The molecule has 0 saturated carbocycles. The van der Waals surface area contributed by atoms with E-state index in [9.17, 15) is 14.9 Å². The van der Waals surface area contributed by atoms with Crippen molar-refractivity contribution in [2.75, 3.05) is 59.5 Å². The number of carbonyl (C=O) groups is 2. The number of amidine groups is 1. The maximum atomic E-state index is 14.9. The topological polar surface area (TPSA) is 118 Å². The number of hydrogen-bond donors (Lipinski definition) is 1. The highest BCUT2D eigenvalue weighted by Crippen LogP contribution is 2.46. The number of piperazine rings is 1. The lowest BCUT2D eigenvalue weighted by Gasteiger charge is -2.39. The third-order valence-corrected chi connectivity index (χ3v) is 9.62. The van der Waals surface area contributed by atoms with Crippen LogP contribution in [-0.2, 0) is 10.2 Å². The molecule has 2 N–H and O–H groups in total. The van der Waals surface area contributed by atoms with E-state index in [0.29, 0.717) is 73.1 Å². The van der Waals surface area contributed by atoms with Gasteiger partial charge in [0.25, 0.3) is 0 Å². The molecule has 3 aromatic rings. The van der Waals surface area contributed by atoms with Crippen LogP contribution in [0.5, 0.6) is 5.75 Å². The largest absolute Gasteiger partial charge is 0.493 e.